The number of hydrogen-bond donors (Lipinski definition) is 4. The van der Waals surface area contributed by atoms with Crippen molar-refractivity contribution in [3.8, 4) is 0 Å². The summed E-state index contributed by atoms with van der Waals surface area (Å²) in [7, 11) is 0. The van der Waals surface area contributed by atoms with Crippen LogP contribution in [0.3, 0.4) is 0 Å². The summed E-state index contributed by atoms with van der Waals surface area (Å²) in [6.45, 7) is 5.52. The van der Waals surface area contributed by atoms with Gasteiger partial charge < -0.3 is 10.6 Å². The minimum absolute atomic E-state index is 0.529. The van der Waals surface area contributed by atoms with E-state index in [9.17, 15) is 0 Å². The van der Waals surface area contributed by atoms with Gasteiger partial charge >= 0.3 is 0 Å². The van der Waals surface area contributed by atoms with Gasteiger partial charge in [-0.15, -0.1) is 0 Å². The van der Waals surface area contributed by atoms with Crippen molar-refractivity contribution in [3.63, 3.8) is 0 Å². The van der Waals surface area contributed by atoms with Crippen LogP contribution in [0.25, 0.3) is 0 Å². The molecule has 0 unspecified atom stereocenters. The highest BCUT2D eigenvalue weighted by Crippen LogP contribution is 2.12. The van der Waals surface area contributed by atoms with Crippen molar-refractivity contribution >= 4 is 46.1 Å². The van der Waals surface area contributed by atoms with Gasteiger partial charge in [0.15, 0.2) is 10.2 Å². The molecule has 20 heavy (non-hydrogen) atoms. The van der Waals surface area contributed by atoms with E-state index in [2.05, 4.69) is 31.7 Å². The third-order valence-electron chi connectivity index (χ3n) is 2.67. The fourth-order valence-electron chi connectivity index (χ4n) is 1.75. The average molecular weight is 314 g/mol. The number of nitrogens with one attached hydrogen (secondary N) is 4. The second-order valence-electron chi connectivity index (χ2n) is 4.27. The maximum Gasteiger partial charge on any atom is 0.186 e. The molecule has 6 nitrogen and oxygen atoms in total. The maximum atomic E-state index is 5.09. The largest absolute Gasteiger partial charge is 0.362 e. The van der Waals surface area contributed by atoms with Crippen LogP contribution in [0.2, 0.25) is 0 Å². The van der Waals surface area contributed by atoms with Gasteiger partial charge in [-0.2, -0.15) is 10.2 Å². The normalized spacial score (nSPS) is 18.7. The summed E-state index contributed by atoms with van der Waals surface area (Å²) >= 11 is 10.2. The first kappa shape index (κ1) is 16.8. The van der Waals surface area contributed by atoms with E-state index >= 15 is 0 Å². The molecule has 1 aliphatic carbocycles. The number of thiocarbonyl (C=S) groups is 2. The lowest BCUT2D eigenvalue weighted by Gasteiger charge is -2.16. The van der Waals surface area contributed by atoms with Crippen molar-refractivity contribution in [2.75, 3.05) is 13.1 Å². The molecule has 0 aliphatic heterocycles. The second-order valence-corrected chi connectivity index (χ2v) is 5.08. The summed E-state index contributed by atoms with van der Waals surface area (Å²) in [6.07, 6.45) is 4.03. The van der Waals surface area contributed by atoms with Crippen LogP contribution in [0.4, 0.5) is 0 Å². The highest BCUT2D eigenvalue weighted by Gasteiger charge is 2.15. The van der Waals surface area contributed by atoms with Crippen molar-refractivity contribution < 1.29 is 0 Å². The minimum Gasteiger partial charge on any atom is -0.362 e. The summed E-state index contributed by atoms with van der Waals surface area (Å²) < 4.78 is 0. The molecule has 0 atom stereocenters. The first-order chi connectivity index (χ1) is 9.67. The van der Waals surface area contributed by atoms with E-state index < -0.39 is 0 Å². The van der Waals surface area contributed by atoms with Gasteiger partial charge in [0, 0.05) is 13.1 Å². The van der Waals surface area contributed by atoms with Crippen LogP contribution in [-0.2, 0) is 0 Å². The average Bonchev–Trinajstić information content (AvgIpc) is 2.44. The summed E-state index contributed by atoms with van der Waals surface area (Å²) in [5.41, 5.74) is 7.56. The van der Waals surface area contributed by atoms with Crippen molar-refractivity contribution in [3.05, 3.63) is 0 Å². The third kappa shape index (κ3) is 6.25. The highest BCUT2D eigenvalue weighted by atomic mass is 32.1. The zero-order valence-corrected chi connectivity index (χ0v) is 13.6. The Morgan fingerprint density at radius 3 is 1.65 bits per heavy atom. The Morgan fingerprint density at radius 1 is 0.900 bits per heavy atom. The first-order valence-electron chi connectivity index (χ1n) is 6.88. The number of hydrazone groups is 2. The molecule has 8 heteroatoms. The smallest absolute Gasteiger partial charge is 0.186 e. The van der Waals surface area contributed by atoms with Gasteiger partial charge in [0.25, 0.3) is 0 Å². The van der Waals surface area contributed by atoms with Crippen LogP contribution in [-0.4, -0.2) is 34.7 Å². The van der Waals surface area contributed by atoms with Crippen LogP contribution in [0, 0.1) is 0 Å². The van der Waals surface area contributed by atoms with Gasteiger partial charge in [0.2, 0.25) is 0 Å². The lowest BCUT2D eigenvalue weighted by atomic mass is 9.96. The Balaban J connectivity index is 2.61. The van der Waals surface area contributed by atoms with Crippen molar-refractivity contribution in [2.24, 2.45) is 10.2 Å². The maximum absolute atomic E-state index is 5.09. The molecule has 0 heterocycles. The van der Waals surface area contributed by atoms with Crippen molar-refractivity contribution in [2.45, 2.75) is 39.5 Å². The molecule has 0 radical (unpaired) electrons. The third-order valence-corrected chi connectivity index (χ3v) is 3.14. The van der Waals surface area contributed by atoms with Gasteiger partial charge in [-0.1, -0.05) is 0 Å². The summed E-state index contributed by atoms with van der Waals surface area (Å²) in [6, 6.07) is 0. The van der Waals surface area contributed by atoms with E-state index in [0.717, 1.165) is 50.2 Å². The Morgan fingerprint density at radius 2 is 1.30 bits per heavy atom. The summed E-state index contributed by atoms with van der Waals surface area (Å²) in [4.78, 5) is 0. The Hall–Kier alpha value is -1.28. The topological polar surface area (TPSA) is 72.8 Å². The fourth-order valence-corrected chi connectivity index (χ4v) is 2.13. The molecule has 0 saturated heterocycles. The van der Waals surface area contributed by atoms with Crippen LogP contribution in [0.5, 0.6) is 0 Å². The molecule has 112 valence electrons. The van der Waals surface area contributed by atoms with Crippen LogP contribution in [0.1, 0.15) is 39.5 Å². The van der Waals surface area contributed by atoms with Crippen LogP contribution in [0.15, 0.2) is 10.2 Å². The van der Waals surface area contributed by atoms with Crippen LogP contribution < -0.4 is 21.5 Å². The lowest BCUT2D eigenvalue weighted by Crippen LogP contribution is -2.35. The molecule has 0 spiro atoms. The number of rotatable bonds is 4. The van der Waals surface area contributed by atoms with E-state index in [1.807, 2.05) is 13.8 Å². The molecule has 0 aromatic heterocycles. The summed E-state index contributed by atoms with van der Waals surface area (Å²) in [5, 5.41) is 15.7. The number of hydrogen-bond acceptors (Lipinski definition) is 4. The van der Waals surface area contributed by atoms with E-state index in [4.69, 9.17) is 24.4 Å². The lowest BCUT2D eigenvalue weighted by molar-refractivity contribution is 0.762. The first-order valence-corrected chi connectivity index (χ1v) is 7.70. The molecule has 1 rings (SSSR count). The van der Waals surface area contributed by atoms with Gasteiger partial charge in [0.1, 0.15) is 0 Å². The van der Waals surface area contributed by atoms with Gasteiger partial charge in [-0.3, -0.25) is 10.9 Å². The van der Waals surface area contributed by atoms with E-state index in [0.29, 0.717) is 10.2 Å². The molecular weight excluding hydrogens is 292 g/mol. The minimum atomic E-state index is 0.529. The van der Waals surface area contributed by atoms with Gasteiger partial charge in [-0.05, 0) is 64.0 Å². The fraction of sp³-hybridized carbons (Fsp3) is 0.667. The van der Waals surface area contributed by atoms with Crippen molar-refractivity contribution in [1.29, 1.82) is 0 Å². The Kier molecular flexibility index (Phi) is 8.05. The molecule has 4 N–H and O–H groups in total. The molecule has 0 aromatic carbocycles. The van der Waals surface area contributed by atoms with Crippen LogP contribution >= 0.6 is 24.4 Å². The predicted octanol–water partition coefficient (Wildman–Crippen LogP) is 1.24. The second kappa shape index (κ2) is 9.60. The molecule has 0 amide bonds. The van der Waals surface area contributed by atoms with Gasteiger partial charge in [0.05, 0.1) is 11.4 Å². The predicted molar refractivity (Wildman–Crippen MR) is 92.2 cm³/mol. The van der Waals surface area contributed by atoms with Crippen molar-refractivity contribution in [1.82, 2.24) is 21.5 Å². The Bertz CT molecular complexity index is 367. The highest BCUT2D eigenvalue weighted by molar-refractivity contribution is 7.80. The molecule has 1 aliphatic rings. The zero-order chi connectivity index (χ0) is 14.8. The van der Waals surface area contributed by atoms with E-state index in [-0.39, 0.29) is 0 Å². The molecule has 1 saturated carbocycles. The number of nitrogens with zero attached hydrogens (tertiary/aromatic N) is 2. The standard InChI is InChI=1S/C12H22N6S2/c1-3-13-11(19)17-15-9-7-5-6-8-10(9)16-18-12(20)14-4-2/h3-8H2,1-2H3,(H2,13,17,19)(H2,14,18,20). The Labute approximate surface area is 130 Å². The molecule has 0 bridgehead atoms. The zero-order valence-electron chi connectivity index (χ0n) is 12.0. The molecule has 1 fully saturated rings. The van der Waals surface area contributed by atoms with E-state index in [1.54, 1.807) is 0 Å². The molecule has 0 aromatic rings. The SMILES string of the molecule is CCNC(=S)NN=C1CCCCC1=NNC(=S)NCC. The monoisotopic (exact) mass is 314 g/mol. The quantitative estimate of drug-likeness (QED) is 0.462. The van der Waals surface area contributed by atoms with E-state index in [1.165, 1.54) is 0 Å². The van der Waals surface area contributed by atoms with Gasteiger partial charge in [-0.25, -0.2) is 0 Å². The molecular formula is C12H22N6S2. The summed E-state index contributed by atoms with van der Waals surface area (Å²) in [5.74, 6) is 0.